The van der Waals surface area contributed by atoms with E-state index in [0.29, 0.717) is 17.1 Å². The van der Waals surface area contributed by atoms with Crippen molar-refractivity contribution in [3.8, 4) is 0 Å². The van der Waals surface area contributed by atoms with Gasteiger partial charge in [0.25, 0.3) is 0 Å². The second kappa shape index (κ2) is 2.56. The summed E-state index contributed by atoms with van der Waals surface area (Å²) in [5.41, 5.74) is 3.90. The number of hydrogen-bond acceptors (Lipinski definition) is 1. The number of carbonyl (C=O) groups is 1. The summed E-state index contributed by atoms with van der Waals surface area (Å²) >= 11 is 0. The van der Waals surface area contributed by atoms with Crippen molar-refractivity contribution >= 4 is 5.78 Å². The Bertz CT molecular complexity index is 379. The van der Waals surface area contributed by atoms with Gasteiger partial charge in [0.05, 0.1) is 0 Å². The quantitative estimate of drug-likeness (QED) is 0.552. The van der Waals surface area contributed by atoms with Gasteiger partial charge in [0.1, 0.15) is 5.78 Å². The summed E-state index contributed by atoms with van der Waals surface area (Å²) in [7, 11) is 0. The van der Waals surface area contributed by atoms with Gasteiger partial charge in [-0.3, -0.25) is 4.79 Å². The zero-order valence-corrected chi connectivity index (χ0v) is 10.0. The molecule has 0 aliphatic heterocycles. The Labute approximate surface area is 91.9 Å². The predicted molar refractivity (Wildman–Crippen MR) is 60.5 cm³/mol. The van der Waals surface area contributed by atoms with Crippen molar-refractivity contribution in [1.29, 1.82) is 0 Å². The SMILES string of the molecule is CC1=C2CCC[C@]2(C)[C@]2(C)CC(=O)C[C@H]12. The third-order valence-corrected chi connectivity index (χ3v) is 5.79. The number of ketones is 1. The Kier molecular flexibility index (Phi) is 1.64. The number of hydrogen-bond donors (Lipinski definition) is 0. The summed E-state index contributed by atoms with van der Waals surface area (Å²) in [5, 5.41) is 0. The van der Waals surface area contributed by atoms with Gasteiger partial charge in [0.15, 0.2) is 0 Å². The zero-order chi connectivity index (χ0) is 10.8. The van der Waals surface area contributed by atoms with E-state index in [4.69, 9.17) is 0 Å². The van der Waals surface area contributed by atoms with E-state index in [0.717, 1.165) is 12.8 Å². The molecule has 3 atom stereocenters. The minimum Gasteiger partial charge on any atom is -0.300 e. The van der Waals surface area contributed by atoms with Gasteiger partial charge < -0.3 is 0 Å². The highest BCUT2D eigenvalue weighted by Gasteiger charge is 2.62. The standard InChI is InChI=1S/C14H20O/c1-9-11-5-4-6-13(11,2)14(3)8-10(15)7-12(9)14/h12H,4-8H2,1-3H3/t12-,13+,14-/m1/s1. The van der Waals surface area contributed by atoms with Crippen molar-refractivity contribution < 1.29 is 4.79 Å². The lowest BCUT2D eigenvalue weighted by atomic mass is 9.63. The molecule has 82 valence electrons. The number of rotatable bonds is 0. The Balaban J connectivity index is 2.17. The van der Waals surface area contributed by atoms with E-state index in [1.165, 1.54) is 19.3 Å². The lowest BCUT2D eigenvalue weighted by Gasteiger charge is -2.40. The van der Waals surface area contributed by atoms with Crippen molar-refractivity contribution in [2.24, 2.45) is 16.7 Å². The molecule has 0 aromatic rings. The van der Waals surface area contributed by atoms with Gasteiger partial charge >= 0.3 is 0 Å². The molecule has 0 saturated heterocycles. The maximum absolute atomic E-state index is 11.7. The van der Waals surface area contributed by atoms with Gasteiger partial charge in [0, 0.05) is 12.8 Å². The van der Waals surface area contributed by atoms with Crippen molar-refractivity contribution in [1.82, 2.24) is 0 Å². The van der Waals surface area contributed by atoms with Crippen LogP contribution in [0.2, 0.25) is 0 Å². The summed E-state index contributed by atoms with van der Waals surface area (Å²) < 4.78 is 0. The first kappa shape index (κ1) is 9.62. The Morgan fingerprint density at radius 1 is 1.33 bits per heavy atom. The maximum Gasteiger partial charge on any atom is 0.134 e. The zero-order valence-electron chi connectivity index (χ0n) is 10.0. The third-order valence-electron chi connectivity index (χ3n) is 5.79. The number of allylic oxidation sites excluding steroid dienone is 2. The lowest BCUT2D eigenvalue weighted by Crippen LogP contribution is -2.34. The first-order valence-corrected chi connectivity index (χ1v) is 6.21. The van der Waals surface area contributed by atoms with Crippen molar-refractivity contribution in [2.45, 2.75) is 52.9 Å². The van der Waals surface area contributed by atoms with Gasteiger partial charge in [-0.1, -0.05) is 25.0 Å². The first-order valence-electron chi connectivity index (χ1n) is 6.21. The van der Waals surface area contributed by atoms with Gasteiger partial charge in [0.2, 0.25) is 0 Å². The van der Waals surface area contributed by atoms with Crippen LogP contribution in [-0.2, 0) is 4.79 Å². The summed E-state index contributed by atoms with van der Waals surface area (Å²) in [6.07, 6.45) is 5.58. The van der Waals surface area contributed by atoms with E-state index in [-0.39, 0.29) is 5.41 Å². The Morgan fingerprint density at radius 3 is 2.80 bits per heavy atom. The van der Waals surface area contributed by atoms with Gasteiger partial charge in [-0.05, 0) is 42.9 Å². The van der Waals surface area contributed by atoms with E-state index in [1.807, 2.05) is 0 Å². The van der Waals surface area contributed by atoms with Gasteiger partial charge in [-0.15, -0.1) is 0 Å². The van der Waals surface area contributed by atoms with E-state index in [1.54, 1.807) is 11.1 Å². The van der Waals surface area contributed by atoms with Crippen LogP contribution in [0.1, 0.15) is 52.9 Å². The molecule has 0 N–H and O–H groups in total. The van der Waals surface area contributed by atoms with Crippen LogP contribution in [0, 0.1) is 16.7 Å². The van der Waals surface area contributed by atoms with Crippen LogP contribution in [0.5, 0.6) is 0 Å². The van der Waals surface area contributed by atoms with Crippen LogP contribution < -0.4 is 0 Å². The van der Waals surface area contributed by atoms with E-state index in [2.05, 4.69) is 20.8 Å². The molecule has 2 saturated carbocycles. The van der Waals surface area contributed by atoms with Crippen LogP contribution in [0.3, 0.4) is 0 Å². The predicted octanol–water partition coefficient (Wildman–Crippen LogP) is 3.49. The number of fused-ring (bicyclic) bond motifs is 3. The lowest BCUT2D eigenvalue weighted by molar-refractivity contribution is -0.118. The Morgan fingerprint density at radius 2 is 2.07 bits per heavy atom. The molecule has 3 rings (SSSR count). The van der Waals surface area contributed by atoms with Crippen LogP contribution in [0.4, 0.5) is 0 Å². The average Bonchev–Trinajstić information content (AvgIpc) is 2.71. The molecule has 1 nitrogen and oxygen atoms in total. The summed E-state index contributed by atoms with van der Waals surface area (Å²) in [5.74, 6) is 1.07. The fourth-order valence-corrected chi connectivity index (χ4v) is 4.79. The van der Waals surface area contributed by atoms with Gasteiger partial charge in [-0.2, -0.15) is 0 Å². The monoisotopic (exact) mass is 204 g/mol. The number of Topliss-reactive ketones (excluding diaryl/α,β-unsaturated/α-hetero) is 1. The van der Waals surface area contributed by atoms with E-state index >= 15 is 0 Å². The largest absolute Gasteiger partial charge is 0.300 e. The minimum atomic E-state index is 0.264. The van der Waals surface area contributed by atoms with Crippen molar-refractivity contribution in [2.75, 3.05) is 0 Å². The molecular weight excluding hydrogens is 184 g/mol. The Hall–Kier alpha value is -0.590. The van der Waals surface area contributed by atoms with Gasteiger partial charge in [-0.25, -0.2) is 0 Å². The molecule has 0 unspecified atom stereocenters. The van der Waals surface area contributed by atoms with Crippen LogP contribution in [0.15, 0.2) is 11.1 Å². The molecule has 0 spiro atoms. The highest BCUT2D eigenvalue weighted by Crippen LogP contribution is 2.69. The summed E-state index contributed by atoms with van der Waals surface area (Å²) in [4.78, 5) is 11.7. The molecule has 1 heteroatoms. The fraction of sp³-hybridized carbons (Fsp3) is 0.786. The van der Waals surface area contributed by atoms with Crippen LogP contribution >= 0.6 is 0 Å². The molecule has 0 radical (unpaired) electrons. The molecule has 0 aromatic carbocycles. The highest BCUT2D eigenvalue weighted by atomic mass is 16.1. The minimum absolute atomic E-state index is 0.264. The molecule has 0 bridgehead atoms. The van der Waals surface area contributed by atoms with E-state index < -0.39 is 0 Å². The van der Waals surface area contributed by atoms with E-state index in [9.17, 15) is 4.79 Å². The smallest absolute Gasteiger partial charge is 0.134 e. The number of carbonyl (C=O) groups excluding carboxylic acids is 1. The van der Waals surface area contributed by atoms with Crippen molar-refractivity contribution in [3.63, 3.8) is 0 Å². The normalized spacial score (nSPS) is 48.7. The second-order valence-corrected chi connectivity index (χ2v) is 6.24. The average molecular weight is 204 g/mol. The molecule has 3 aliphatic rings. The molecule has 0 heterocycles. The van der Waals surface area contributed by atoms with Crippen LogP contribution in [0.25, 0.3) is 0 Å². The first-order chi connectivity index (χ1) is 6.99. The third kappa shape index (κ3) is 0.885. The fourth-order valence-electron chi connectivity index (χ4n) is 4.79. The molecular formula is C14H20O. The molecule has 15 heavy (non-hydrogen) atoms. The molecule has 3 aliphatic carbocycles. The van der Waals surface area contributed by atoms with Crippen LogP contribution in [-0.4, -0.2) is 5.78 Å². The van der Waals surface area contributed by atoms with Crippen molar-refractivity contribution in [3.05, 3.63) is 11.1 Å². The molecule has 0 amide bonds. The highest BCUT2D eigenvalue weighted by molar-refractivity contribution is 5.83. The summed E-state index contributed by atoms with van der Waals surface area (Å²) in [6.45, 7) is 7.06. The molecule has 2 fully saturated rings. The maximum atomic E-state index is 11.7. The molecule has 0 aromatic heterocycles. The second-order valence-electron chi connectivity index (χ2n) is 6.24. The summed E-state index contributed by atoms with van der Waals surface area (Å²) in [6, 6.07) is 0. The topological polar surface area (TPSA) is 17.1 Å².